The zero-order valence-corrected chi connectivity index (χ0v) is 26.4. The highest BCUT2D eigenvalue weighted by atomic mass is 79.9. The van der Waals surface area contributed by atoms with E-state index in [4.69, 9.17) is 0 Å². The van der Waals surface area contributed by atoms with Crippen LogP contribution in [0.1, 0.15) is 38.5 Å². The maximum absolute atomic E-state index is 14.5. The number of rotatable bonds is 4. The molecule has 45 heavy (non-hydrogen) atoms. The Morgan fingerprint density at radius 1 is 0.578 bits per heavy atom. The van der Waals surface area contributed by atoms with Crippen molar-refractivity contribution in [3.05, 3.63) is 95.8 Å². The van der Waals surface area contributed by atoms with Gasteiger partial charge >= 0.3 is 0 Å². The highest BCUT2D eigenvalue weighted by Crippen LogP contribution is 2.30. The average molecular weight is 672 g/mol. The van der Waals surface area contributed by atoms with Gasteiger partial charge in [-0.1, -0.05) is 12.1 Å². The first kappa shape index (κ1) is 29.3. The summed E-state index contributed by atoms with van der Waals surface area (Å²) < 4.78 is 33.3. The van der Waals surface area contributed by atoms with E-state index in [9.17, 15) is 8.78 Å². The topological polar surface area (TPSA) is 66.9 Å². The molecule has 0 atom stereocenters. The predicted molar refractivity (Wildman–Crippen MR) is 177 cm³/mol. The minimum atomic E-state index is -0.175. The Labute approximate surface area is 268 Å². The zero-order chi connectivity index (χ0) is 30.8. The van der Waals surface area contributed by atoms with Crippen molar-refractivity contribution in [3.8, 4) is 22.3 Å². The quantitative estimate of drug-likeness (QED) is 0.191. The molecule has 11 heteroatoms. The van der Waals surface area contributed by atoms with Gasteiger partial charge in [-0.2, -0.15) is 10.2 Å². The van der Waals surface area contributed by atoms with Gasteiger partial charge in [0.15, 0.2) is 11.3 Å². The second kappa shape index (κ2) is 12.9. The zero-order valence-electron chi connectivity index (χ0n) is 24.8. The fraction of sp³-hybridized carbons (Fsp3) is 0.294. The average Bonchev–Trinajstić information content (AvgIpc) is 3.71. The van der Waals surface area contributed by atoms with Gasteiger partial charge in [-0.05, 0) is 89.8 Å². The van der Waals surface area contributed by atoms with Gasteiger partial charge < -0.3 is 9.80 Å². The van der Waals surface area contributed by atoms with E-state index in [1.807, 2.05) is 42.7 Å². The lowest BCUT2D eigenvalue weighted by Gasteiger charge is -2.29. The highest BCUT2D eigenvalue weighted by molar-refractivity contribution is 9.10. The van der Waals surface area contributed by atoms with E-state index < -0.39 is 0 Å². The lowest BCUT2D eigenvalue weighted by Crippen LogP contribution is -2.30. The first-order valence-corrected chi connectivity index (χ1v) is 16.2. The summed E-state index contributed by atoms with van der Waals surface area (Å²) >= 11 is 3.40. The molecule has 2 aliphatic rings. The number of anilines is 2. The molecule has 0 saturated carbocycles. The van der Waals surface area contributed by atoms with Gasteiger partial charge in [0.1, 0.15) is 11.6 Å². The number of fused-ring (bicyclic) bond motifs is 2. The minimum absolute atomic E-state index is 0.167. The Kier molecular flexibility index (Phi) is 8.43. The van der Waals surface area contributed by atoms with Crippen molar-refractivity contribution < 1.29 is 8.78 Å². The van der Waals surface area contributed by atoms with E-state index in [1.165, 1.54) is 12.8 Å². The van der Waals surface area contributed by atoms with Gasteiger partial charge in [0.05, 0.1) is 28.2 Å². The van der Waals surface area contributed by atoms with E-state index in [0.29, 0.717) is 11.4 Å². The molecule has 6 aromatic rings. The fourth-order valence-corrected chi connectivity index (χ4v) is 6.48. The van der Waals surface area contributed by atoms with E-state index in [1.54, 1.807) is 46.0 Å². The number of aromatic nitrogens is 6. The molecule has 8 nitrogen and oxygen atoms in total. The number of nitrogens with zero attached hydrogens (tertiary/aromatic N) is 8. The molecule has 0 N–H and O–H groups in total. The van der Waals surface area contributed by atoms with Crippen LogP contribution < -0.4 is 9.80 Å². The predicted octanol–water partition coefficient (Wildman–Crippen LogP) is 7.81. The van der Waals surface area contributed by atoms with Crippen molar-refractivity contribution in [2.75, 3.05) is 36.0 Å². The normalized spacial score (nSPS) is 15.4. The van der Waals surface area contributed by atoms with Crippen LogP contribution in [0, 0.1) is 11.6 Å². The lowest BCUT2D eigenvalue weighted by atomic mass is 10.1. The van der Waals surface area contributed by atoms with Crippen molar-refractivity contribution in [2.24, 2.45) is 0 Å². The summed E-state index contributed by atoms with van der Waals surface area (Å²) in [5, 5.41) is 8.39. The number of piperidine rings is 2. The lowest BCUT2D eigenvalue weighted by molar-refractivity contribution is 0.557. The van der Waals surface area contributed by atoms with Gasteiger partial charge in [-0.15, -0.1) is 0 Å². The smallest absolute Gasteiger partial charge is 0.169 e. The molecule has 0 unspecified atom stereocenters. The fourth-order valence-electron chi connectivity index (χ4n) is 6.11. The Morgan fingerprint density at radius 3 is 1.71 bits per heavy atom. The van der Waals surface area contributed by atoms with Crippen LogP contribution in [-0.2, 0) is 0 Å². The monoisotopic (exact) mass is 670 g/mol. The summed E-state index contributed by atoms with van der Waals surface area (Å²) in [4.78, 5) is 13.0. The van der Waals surface area contributed by atoms with Crippen LogP contribution in [-0.4, -0.2) is 55.4 Å². The summed E-state index contributed by atoms with van der Waals surface area (Å²) in [6.45, 7) is 3.75. The summed E-state index contributed by atoms with van der Waals surface area (Å²) in [5.74, 6) is -0.342. The number of hydrogen-bond acceptors (Lipinski definition) is 6. The van der Waals surface area contributed by atoms with Crippen LogP contribution in [0.25, 0.3) is 33.5 Å². The van der Waals surface area contributed by atoms with Crippen LogP contribution >= 0.6 is 15.9 Å². The molecular weight excluding hydrogens is 638 g/mol. The van der Waals surface area contributed by atoms with E-state index in [0.717, 1.165) is 89.9 Å². The Hall–Kier alpha value is -4.38. The molecule has 230 valence electrons. The standard InChI is InChI=1S/C17H16BrFN4.C17H17FN4/c18-14-10-21-23-11-13(9-20-17(14)23)12-4-5-16(15(19)8-12)22-6-2-1-3-7-22;18-15-10-13(4-5-16(15)21-8-2-1-3-9-21)14-11-19-17-6-7-20-22(17)12-14/h4-5,8-11H,1-3,6-7H2;4-7,10-12H,1-3,8-9H2. The molecule has 2 fully saturated rings. The van der Waals surface area contributed by atoms with Crippen LogP contribution in [0.2, 0.25) is 0 Å². The molecule has 2 aromatic carbocycles. The Bertz CT molecular complexity index is 1940. The molecule has 2 saturated heterocycles. The summed E-state index contributed by atoms with van der Waals surface area (Å²) in [7, 11) is 0. The highest BCUT2D eigenvalue weighted by Gasteiger charge is 2.17. The van der Waals surface area contributed by atoms with Crippen molar-refractivity contribution in [3.63, 3.8) is 0 Å². The van der Waals surface area contributed by atoms with Gasteiger partial charge in [0.25, 0.3) is 0 Å². The van der Waals surface area contributed by atoms with Gasteiger partial charge in [0.2, 0.25) is 0 Å². The van der Waals surface area contributed by atoms with Gasteiger partial charge in [-0.25, -0.2) is 27.8 Å². The maximum atomic E-state index is 14.5. The largest absolute Gasteiger partial charge is 0.369 e. The van der Waals surface area contributed by atoms with Crippen molar-refractivity contribution in [1.82, 2.24) is 29.2 Å². The number of halogens is 3. The van der Waals surface area contributed by atoms with E-state index in [2.05, 4.69) is 45.9 Å². The third-order valence-electron chi connectivity index (χ3n) is 8.52. The van der Waals surface area contributed by atoms with Crippen LogP contribution in [0.5, 0.6) is 0 Å². The molecule has 0 aliphatic carbocycles. The van der Waals surface area contributed by atoms with E-state index in [-0.39, 0.29) is 11.6 Å². The second-order valence-electron chi connectivity index (χ2n) is 11.5. The van der Waals surface area contributed by atoms with Gasteiger partial charge in [-0.3, -0.25) is 0 Å². The summed E-state index contributed by atoms with van der Waals surface area (Å²) in [6, 6.07) is 12.7. The summed E-state index contributed by atoms with van der Waals surface area (Å²) in [6.07, 6.45) is 17.7. The van der Waals surface area contributed by atoms with E-state index >= 15 is 0 Å². The van der Waals surface area contributed by atoms with Crippen LogP contribution in [0.3, 0.4) is 0 Å². The minimum Gasteiger partial charge on any atom is -0.369 e. The molecule has 8 rings (SSSR count). The number of hydrogen-bond donors (Lipinski definition) is 0. The molecule has 0 bridgehead atoms. The molecule has 0 amide bonds. The van der Waals surface area contributed by atoms with Crippen molar-refractivity contribution in [2.45, 2.75) is 38.5 Å². The SMILES string of the molecule is Fc1cc(-c2cnc3c(Br)cnn3c2)ccc1N1CCCCC1.Fc1cc(-c2cnc3ccnn3c2)ccc1N1CCCCC1. The number of benzene rings is 2. The third kappa shape index (κ3) is 6.26. The van der Waals surface area contributed by atoms with Crippen LogP contribution in [0.4, 0.5) is 20.2 Å². The maximum Gasteiger partial charge on any atom is 0.169 e. The second-order valence-corrected chi connectivity index (χ2v) is 12.4. The molecule has 0 radical (unpaired) electrons. The first-order valence-electron chi connectivity index (χ1n) is 15.4. The van der Waals surface area contributed by atoms with Crippen molar-refractivity contribution in [1.29, 1.82) is 0 Å². The summed E-state index contributed by atoms with van der Waals surface area (Å²) in [5.41, 5.74) is 6.28. The van der Waals surface area contributed by atoms with Crippen LogP contribution in [0.15, 0.2) is 84.1 Å². The molecular formula is C34H33BrF2N8. The molecule has 2 aliphatic heterocycles. The molecule has 0 spiro atoms. The van der Waals surface area contributed by atoms with Crippen molar-refractivity contribution >= 4 is 38.6 Å². The first-order chi connectivity index (χ1) is 22.0. The third-order valence-corrected chi connectivity index (χ3v) is 9.07. The Balaban J connectivity index is 0.000000145. The molecule has 6 heterocycles. The van der Waals surface area contributed by atoms with Gasteiger partial charge in [0, 0.05) is 68.2 Å². The molecule has 4 aromatic heterocycles. The Morgan fingerprint density at radius 2 is 1.13 bits per heavy atom.